The molecule has 14 heavy (non-hydrogen) atoms. The molecule has 1 heterocycles. The Bertz CT molecular complexity index is 516. The highest BCUT2D eigenvalue weighted by Gasteiger charge is 2.13. The van der Waals surface area contributed by atoms with Gasteiger partial charge in [-0.3, -0.25) is 9.59 Å². The first-order valence-electron chi connectivity index (χ1n) is 3.99. The van der Waals surface area contributed by atoms with Crippen molar-refractivity contribution in [3.8, 4) is 0 Å². The Morgan fingerprint density at radius 1 is 1.43 bits per heavy atom. The SMILES string of the molecule is O=CC(=O)c1c[nH]c2cccc(F)c12. The number of hydrogen-bond acceptors (Lipinski definition) is 2. The lowest BCUT2D eigenvalue weighted by Gasteiger charge is -1.93. The monoisotopic (exact) mass is 191 g/mol. The predicted octanol–water partition coefficient (Wildman–Crippen LogP) is 1.69. The molecule has 0 aliphatic heterocycles. The van der Waals surface area contributed by atoms with Crippen LogP contribution in [0.5, 0.6) is 0 Å². The number of carbonyl (C=O) groups is 2. The molecule has 2 aromatic rings. The fourth-order valence-electron chi connectivity index (χ4n) is 1.40. The molecular formula is C10H6FNO2. The van der Waals surface area contributed by atoms with Crippen molar-refractivity contribution in [3.63, 3.8) is 0 Å². The summed E-state index contributed by atoms with van der Waals surface area (Å²) >= 11 is 0. The van der Waals surface area contributed by atoms with Crippen molar-refractivity contribution in [2.75, 3.05) is 0 Å². The molecule has 1 N–H and O–H groups in total. The topological polar surface area (TPSA) is 49.9 Å². The number of benzene rings is 1. The van der Waals surface area contributed by atoms with Crippen LogP contribution >= 0.6 is 0 Å². The van der Waals surface area contributed by atoms with E-state index in [2.05, 4.69) is 4.98 Å². The van der Waals surface area contributed by atoms with Crippen LogP contribution in [0.2, 0.25) is 0 Å². The van der Waals surface area contributed by atoms with Crippen molar-refractivity contribution >= 4 is 23.0 Å². The zero-order chi connectivity index (χ0) is 10.1. The lowest BCUT2D eigenvalue weighted by atomic mass is 10.1. The van der Waals surface area contributed by atoms with Gasteiger partial charge < -0.3 is 4.98 Å². The molecule has 2 rings (SSSR count). The van der Waals surface area contributed by atoms with E-state index >= 15 is 0 Å². The Balaban J connectivity index is 2.79. The van der Waals surface area contributed by atoms with Crippen LogP contribution in [0.4, 0.5) is 4.39 Å². The van der Waals surface area contributed by atoms with Crippen molar-refractivity contribution < 1.29 is 14.0 Å². The van der Waals surface area contributed by atoms with E-state index in [0.717, 1.165) is 0 Å². The molecule has 0 unspecified atom stereocenters. The van der Waals surface area contributed by atoms with Gasteiger partial charge in [-0.1, -0.05) is 6.07 Å². The van der Waals surface area contributed by atoms with Crippen LogP contribution in [0.25, 0.3) is 10.9 Å². The third-order valence-corrected chi connectivity index (χ3v) is 2.03. The van der Waals surface area contributed by atoms with Gasteiger partial charge in [-0.25, -0.2) is 4.39 Å². The van der Waals surface area contributed by atoms with Crippen LogP contribution in [0.1, 0.15) is 10.4 Å². The number of aldehydes is 1. The summed E-state index contributed by atoms with van der Waals surface area (Å²) in [7, 11) is 0. The highest BCUT2D eigenvalue weighted by Crippen LogP contribution is 2.21. The van der Waals surface area contributed by atoms with Crippen LogP contribution in [-0.4, -0.2) is 17.1 Å². The lowest BCUT2D eigenvalue weighted by Crippen LogP contribution is -1.98. The second kappa shape index (κ2) is 3.06. The van der Waals surface area contributed by atoms with Gasteiger partial charge in [0.25, 0.3) is 0 Å². The summed E-state index contributed by atoms with van der Waals surface area (Å²) in [5.74, 6) is -1.23. The first-order chi connectivity index (χ1) is 6.74. The van der Waals surface area contributed by atoms with Crippen LogP contribution in [-0.2, 0) is 4.79 Å². The predicted molar refractivity (Wildman–Crippen MR) is 48.7 cm³/mol. The minimum Gasteiger partial charge on any atom is -0.360 e. The molecule has 0 aliphatic carbocycles. The Kier molecular flexibility index (Phi) is 1.89. The maximum atomic E-state index is 13.3. The van der Waals surface area contributed by atoms with Crippen LogP contribution in [0.15, 0.2) is 24.4 Å². The second-order valence-electron chi connectivity index (χ2n) is 2.85. The number of fused-ring (bicyclic) bond motifs is 1. The van der Waals surface area contributed by atoms with E-state index in [9.17, 15) is 14.0 Å². The molecule has 4 heteroatoms. The summed E-state index contributed by atoms with van der Waals surface area (Å²) in [4.78, 5) is 24.1. The van der Waals surface area contributed by atoms with E-state index in [1.54, 1.807) is 6.07 Å². The first-order valence-corrected chi connectivity index (χ1v) is 3.99. The van der Waals surface area contributed by atoms with E-state index in [1.807, 2.05) is 0 Å². The molecule has 0 aliphatic rings. The van der Waals surface area contributed by atoms with E-state index in [1.165, 1.54) is 18.3 Å². The van der Waals surface area contributed by atoms with E-state index < -0.39 is 11.6 Å². The van der Waals surface area contributed by atoms with Crippen LogP contribution in [0, 0.1) is 5.82 Å². The summed E-state index contributed by atoms with van der Waals surface area (Å²) in [6.07, 6.45) is 1.51. The third kappa shape index (κ3) is 1.12. The molecule has 1 aromatic heterocycles. The zero-order valence-corrected chi connectivity index (χ0v) is 7.08. The standard InChI is InChI=1S/C10H6FNO2/c11-7-2-1-3-8-10(7)6(4-12-8)9(14)5-13/h1-5,12H. The highest BCUT2D eigenvalue weighted by molar-refractivity contribution is 6.36. The zero-order valence-electron chi connectivity index (χ0n) is 7.08. The fraction of sp³-hybridized carbons (Fsp3) is 0. The summed E-state index contributed by atoms with van der Waals surface area (Å²) in [6.45, 7) is 0. The van der Waals surface area contributed by atoms with Gasteiger partial charge in [0.05, 0.1) is 5.56 Å². The number of ketones is 1. The number of halogens is 1. The third-order valence-electron chi connectivity index (χ3n) is 2.03. The number of H-pyrrole nitrogens is 1. The minimum atomic E-state index is -0.721. The second-order valence-corrected chi connectivity index (χ2v) is 2.85. The Morgan fingerprint density at radius 2 is 2.21 bits per heavy atom. The summed E-state index contributed by atoms with van der Waals surface area (Å²) < 4.78 is 13.3. The van der Waals surface area contributed by atoms with Crippen molar-refractivity contribution in [1.82, 2.24) is 4.98 Å². The number of carbonyl (C=O) groups excluding carboxylic acids is 2. The number of aromatic amines is 1. The Morgan fingerprint density at radius 3 is 2.93 bits per heavy atom. The molecule has 0 spiro atoms. The van der Waals surface area contributed by atoms with Gasteiger partial charge in [0.15, 0.2) is 6.29 Å². The quantitative estimate of drug-likeness (QED) is 0.446. The molecule has 0 bridgehead atoms. The normalized spacial score (nSPS) is 10.4. The van der Waals surface area contributed by atoms with Crippen molar-refractivity contribution in [2.24, 2.45) is 0 Å². The summed E-state index contributed by atoms with van der Waals surface area (Å²) in [6, 6.07) is 4.42. The van der Waals surface area contributed by atoms with Gasteiger partial charge >= 0.3 is 0 Å². The molecule has 0 radical (unpaired) electrons. The van der Waals surface area contributed by atoms with Gasteiger partial charge in [0.2, 0.25) is 5.78 Å². The number of Topliss-reactive ketones (excluding diaryl/α,β-unsaturated/α-hetero) is 1. The lowest BCUT2D eigenvalue weighted by molar-refractivity contribution is -0.104. The molecule has 0 atom stereocenters. The molecule has 70 valence electrons. The number of rotatable bonds is 2. The van der Waals surface area contributed by atoms with Crippen molar-refractivity contribution in [1.29, 1.82) is 0 Å². The largest absolute Gasteiger partial charge is 0.360 e. The smallest absolute Gasteiger partial charge is 0.227 e. The average molecular weight is 191 g/mol. The van der Waals surface area contributed by atoms with Crippen LogP contribution in [0.3, 0.4) is 0 Å². The molecule has 0 fully saturated rings. The van der Waals surface area contributed by atoms with Gasteiger partial charge in [-0.15, -0.1) is 0 Å². The van der Waals surface area contributed by atoms with Gasteiger partial charge in [0, 0.05) is 17.1 Å². The van der Waals surface area contributed by atoms with E-state index in [4.69, 9.17) is 0 Å². The fourth-order valence-corrected chi connectivity index (χ4v) is 1.40. The first kappa shape index (κ1) is 8.62. The molecule has 0 saturated heterocycles. The summed E-state index contributed by atoms with van der Waals surface area (Å²) in [5.41, 5.74) is 0.586. The van der Waals surface area contributed by atoms with Gasteiger partial charge in [-0.2, -0.15) is 0 Å². The number of hydrogen-bond donors (Lipinski definition) is 1. The Hall–Kier alpha value is -1.97. The number of nitrogens with one attached hydrogen (secondary N) is 1. The maximum absolute atomic E-state index is 13.3. The van der Waals surface area contributed by atoms with Crippen molar-refractivity contribution in [2.45, 2.75) is 0 Å². The average Bonchev–Trinajstić information content (AvgIpc) is 2.62. The minimum absolute atomic E-state index is 0.0769. The molecule has 1 aromatic carbocycles. The van der Waals surface area contributed by atoms with E-state index in [-0.39, 0.29) is 17.2 Å². The molecule has 0 saturated carbocycles. The van der Waals surface area contributed by atoms with E-state index in [0.29, 0.717) is 5.52 Å². The van der Waals surface area contributed by atoms with Crippen molar-refractivity contribution in [3.05, 3.63) is 35.8 Å². The summed E-state index contributed by atoms with van der Waals surface area (Å²) in [5, 5.41) is 0.171. The number of aromatic nitrogens is 1. The molecule has 0 amide bonds. The maximum Gasteiger partial charge on any atom is 0.227 e. The molecule has 3 nitrogen and oxygen atoms in total. The molecular weight excluding hydrogens is 185 g/mol. The Labute approximate surface area is 78.5 Å². The van der Waals surface area contributed by atoms with Crippen LogP contribution < -0.4 is 0 Å². The van der Waals surface area contributed by atoms with Gasteiger partial charge in [-0.05, 0) is 12.1 Å². The van der Waals surface area contributed by atoms with Gasteiger partial charge in [0.1, 0.15) is 5.82 Å². The highest BCUT2D eigenvalue weighted by atomic mass is 19.1.